The van der Waals surface area contributed by atoms with Crippen LogP contribution in [0.3, 0.4) is 0 Å². The van der Waals surface area contributed by atoms with E-state index in [4.69, 9.17) is 4.74 Å². The van der Waals surface area contributed by atoms with E-state index in [0.717, 1.165) is 35.3 Å². The summed E-state index contributed by atoms with van der Waals surface area (Å²) in [5, 5.41) is 10.7. The van der Waals surface area contributed by atoms with E-state index in [0.29, 0.717) is 17.9 Å². The zero-order chi connectivity index (χ0) is 18.1. The summed E-state index contributed by atoms with van der Waals surface area (Å²) < 4.78 is 7.30. The highest BCUT2D eigenvalue weighted by molar-refractivity contribution is 6.09. The third kappa shape index (κ3) is 1.68. The van der Waals surface area contributed by atoms with Gasteiger partial charge in [0, 0.05) is 24.6 Å². The molecule has 2 saturated heterocycles. The Morgan fingerprint density at radius 2 is 2.07 bits per heavy atom. The van der Waals surface area contributed by atoms with Gasteiger partial charge in [-0.2, -0.15) is 0 Å². The van der Waals surface area contributed by atoms with Gasteiger partial charge in [-0.1, -0.05) is 18.2 Å². The highest BCUT2D eigenvalue weighted by Gasteiger charge is 2.84. The number of para-hydroxylation sites is 1. The van der Waals surface area contributed by atoms with E-state index in [1.807, 2.05) is 24.1 Å². The van der Waals surface area contributed by atoms with Gasteiger partial charge in [-0.3, -0.25) is 4.79 Å². The Labute approximate surface area is 177 Å². The highest BCUT2D eigenvalue weighted by Crippen LogP contribution is 2.74. The van der Waals surface area contributed by atoms with Crippen molar-refractivity contribution >= 4 is 11.6 Å². The maximum Gasteiger partial charge on any atom is 0.240 e. The van der Waals surface area contributed by atoms with E-state index >= 15 is 0 Å². The number of anilines is 1. The van der Waals surface area contributed by atoms with Gasteiger partial charge < -0.3 is 43.2 Å². The minimum atomic E-state index is -0.632. The Morgan fingerprint density at radius 1 is 1.33 bits per heavy atom. The average molecular weight is 482 g/mol. The maximum atomic E-state index is 13.9. The van der Waals surface area contributed by atoms with E-state index in [2.05, 4.69) is 26.2 Å². The van der Waals surface area contributed by atoms with Crippen molar-refractivity contribution in [1.82, 2.24) is 0 Å². The average Bonchev–Trinajstić information content (AvgIpc) is 3.04. The number of aliphatic hydroxyl groups excluding tert-OH is 1. The molecule has 1 spiro atoms. The number of ether oxygens (including phenoxy) is 1. The van der Waals surface area contributed by atoms with E-state index in [1.54, 1.807) is 0 Å². The van der Waals surface area contributed by atoms with Gasteiger partial charge in [-0.05, 0) is 24.0 Å². The molecule has 6 heteroatoms. The van der Waals surface area contributed by atoms with Crippen LogP contribution in [0.25, 0.3) is 0 Å². The van der Waals surface area contributed by atoms with Gasteiger partial charge in [-0.25, -0.2) is 0 Å². The summed E-state index contributed by atoms with van der Waals surface area (Å²) in [5.41, 5.74) is 1.36. The Morgan fingerprint density at radius 3 is 2.81 bits per heavy atom. The molecule has 0 radical (unpaired) electrons. The number of carbonyl (C=O) groups is 1. The number of halogens is 1. The molecule has 4 fully saturated rings. The SMILES string of the molecule is CN1C(=O)C2(c3ccccc31)C1CC3C(CO1)C1C2C3(CO)C[N+]1(C)C.[I-]. The molecular weight excluding hydrogens is 455 g/mol. The van der Waals surface area contributed by atoms with Gasteiger partial charge in [0.1, 0.15) is 5.41 Å². The van der Waals surface area contributed by atoms with E-state index in [1.165, 1.54) is 0 Å². The molecule has 3 heterocycles. The molecule has 5 nitrogen and oxygen atoms in total. The first-order valence-corrected chi connectivity index (χ1v) is 9.82. The summed E-state index contributed by atoms with van der Waals surface area (Å²) in [6.45, 7) is 1.89. The molecule has 5 bridgehead atoms. The lowest BCUT2D eigenvalue weighted by molar-refractivity contribution is -0.916. The Hall–Kier alpha value is -0.700. The first-order chi connectivity index (χ1) is 12.4. The second-order valence-electron chi connectivity index (χ2n) is 9.87. The molecule has 5 aliphatic rings. The smallest absolute Gasteiger partial charge is 0.240 e. The molecule has 3 aliphatic heterocycles. The van der Waals surface area contributed by atoms with Crippen LogP contribution in [0.4, 0.5) is 5.69 Å². The van der Waals surface area contributed by atoms with Gasteiger partial charge >= 0.3 is 0 Å². The fraction of sp³-hybridized carbons (Fsp3) is 0.667. The van der Waals surface area contributed by atoms with Crippen LogP contribution in [-0.4, -0.2) is 68.5 Å². The summed E-state index contributed by atoms with van der Waals surface area (Å²) in [6, 6.07) is 8.63. The molecule has 1 amide bonds. The minimum absolute atomic E-state index is 0. The van der Waals surface area contributed by atoms with Gasteiger partial charge in [-0.15, -0.1) is 0 Å². The summed E-state index contributed by atoms with van der Waals surface area (Å²) in [7, 11) is 6.47. The number of carbonyl (C=O) groups excluding carboxylic acids is 1. The van der Waals surface area contributed by atoms with Crippen molar-refractivity contribution in [3.8, 4) is 0 Å². The van der Waals surface area contributed by atoms with Gasteiger partial charge in [0.15, 0.2) is 0 Å². The Balaban J connectivity index is 0.00000160. The summed E-state index contributed by atoms with van der Waals surface area (Å²) in [5.74, 6) is 1.28. The number of benzene rings is 1. The van der Waals surface area contributed by atoms with Crippen molar-refractivity contribution in [2.45, 2.75) is 24.0 Å². The second-order valence-corrected chi connectivity index (χ2v) is 9.87. The molecule has 146 valence electrons. The zero-order valence-corrected chi connectivity index (χ0v) is 18.2. The molecule has 1 aromatic rings. The van der Waals surface area contributed by atoms with Crippen LogP contribution in [0, 0.1) is 23.2 Å². The number of hydrogen-bond acceptors (Lipinski definition) is 3. The van der Waals surface area contributed by atoms with Crippen molar-refractivity contribution in [2.24, 2.45) is 23.2 Å². The molecule has 2 saturated carbocycles. The lowest BCUT2D eigenvalue weighted by atomic mass is 9.51. The number of amides is 1. The minimum Gasteiger partial charge on any atom is -1.00 e. The van der Waals surface area contributed by atoms with Gasteiger partial charge in [0.2, 0.25) is 5.91 Å². The largest absolute Gasteiger partial charge is 1.00 e. The number of quaternary nitrogens is 1. The van der Waals surface area contributed by atoms with Crippen molar-refractivity contribution in [2.75, 3.05) is 45.8 Å². The zero-order valence-electron chi connectivity index (χ0n) is 16.1. The lowest BCUT2D eigenvalue weighted by Crippen LogP contribution is -3.00. The lowest BCUT2D eigenvalue weighted by Gasteiger charge is -2.54. The predicted molar refractivity (Wildman–Crippen MR) is 96.6 cm³/mol. The second kappa shape index (κ2) is 5.26. The highest BCUT2D eigenvalue weighted by atomic mass is 127. The fourth-order valence-corrected chi connectivity index (χ4v) is 8.37. The molecule has 0 aromatic heterocycles. The van der Waals surface area contributed by atoms with Crippen LogP contribution in [0.2, 0.25) is 0 Å². The predicted octanol–water partition coefficient (Wildman–Crippen LogP) is -1.99. The van der Waals surface area contributed by atoms with Gasteiger partial charge in [0.05, 0.1) is 51.4 Å². The topological polar surface area (TPSA) is 49.8 Å². The van der Waals surface area contributed by atoms with Crippen LogP contribution in [0.15, 0.2) is 24.3 Å². The molecule has 1 aromatic carbocycles. The molecule has 6 rings (SSSR count). The first-order valence-electron chi connectivity index (χ1n) is 9.82. The third-order valence-corrected chi connectivity index (χ3v) is 8.78. The molecule has 27 heavy (non-hydrogen) atoms. The molecular formula is C21H27IN2O3. The van der Waals surface area contributed by atoms with E-state index < -0.39 is 5.41 Å². The summed E-state index contributed by atoms with van der Waals surface area (Å²) in [6.07, 6.45) is 0.849. The normalized spacial score (nSPS) is 47.5. The van der Waals surface area contributed by atoms with Crippen LogP contribution < -0.4 is 28.9 Å². The number of aliphatic hydroxyl groups is 1. The summed E-state index contributed by atoms with van der Waals surface area (Å²) in [4.78, 5) is 15.7. The number of nitrogens with zero attached hydrogens (tertiary/aromatic N) is 2. The van der Waals surface area contributed by atoms with E-state index in [-0.39, 0.29) is 53.9 Å². The number of rotatable bonds is 1. The number of likely N-dealkylation sites (tertiary alicyclic amines) is 1. The van der Waals surface area contributed by atoms with Crippen LogP contribution in [0.5, 0.6) is 0 Å². The molecule has 7 unspecified atom stereocenters. The van der Waals surface area contributed by atoms with Crippen LogP contribution in [-0.2, 0) is 14.9 Å². The number of piperidine rings is 1. The molecule has 1 N–H and O–H groups in total. The third-order valence-electron chi connectivity index (χ3n) is 8.78. The van der Waals surface area contributed by atoms with Crippen molar-refractivity contribution in [3.05, 3.63) is 29.8 Å². The quantitative estimate of drug-likeness (QED) is 0.373. The number of fused-ring (bicyclic) bond motifs is 5. The first kappa shape index (κ1) is 18.3. The fourth-order valence-electron chi connectivity index (χ4n) is 8.37. The number of hydrogen-bond donors (Lipinski definition) is 1. The van der Waals surface area contributed by atoms with Crippen molar-refractivity contribution < 1.29 is 43.1 Å². The van der Waals surface area contributed by atoms with Gasteiger partial charge in [0.25, 0.3) is 0 Å². The van der Waals surface area contributed by atoms with Crippen LogP contribution >= 0.6 is 0 Å². The molecule has 7 atom stereocenters. The number of likely N-dealkylation sites (N-methyl/N-ethyl adjacent to an activating group) is 1. The maximum absolute atomic E-state index is 13.9. The monoisotopic (exact) mass is 482 g/mol. The van der Waals surface area contributed by atoms with Crippen molar-refractivity contribution in [3.63, 3.8) is 0 Å². The Kier molecular flexibility index (Phi) is 3.57. The Bertz CT molecular complexity index is 844. The van der Waals surface area contributed by atoms with Crippen LogP contribution in [0.1, 0.15) is 12.0 Å². The van der Waals surface area contributed by atoms with E-state index in [9.17, 15) is 9.90 Å². The van der Waals surface area contributed by atoms with Crippen molar-refractivity contribution in [1.29, 1.82) is 0 Å². The summed E-state index contributed by atoms with van der Waals surface area (Å²) >= 11 is 0. The molecule has 2 aliphatic carbocycles. The standard InChI is InChI=1S/C21H27N2O3.HI/c1-22-15-7-5-4-6-13(15)21(19(22)25)16-8-14-12(9-26-16)17-18(21)20(14,11-24)10-23(17,2)3;/h4-7,12,14,16-18,24H,8-11H2,1-3H3;1H/q+1;/p-1.